The van der Waals surface area contributed by atoms with E-state index in [1.54, 1.807) is 0 Å². The Hall–Kier alpha value is -1.05. The summed E-state index contributed by atoms with van der Waals surface area (Å²) in [6.45, 7) is 3.29. The van der Waals surface area contributed by atoms with Crippen LogP contribution in [-0.2, 0) is 28.5 Å². The van der Waals surface area contributed by atoms with Crippen LogP contribution in [0.3, 0.4) is 0 Å². The molecule has 3 fully saturated rings. The summed E-state index contributed by atoms with van der Waals surface area (Å²) >= 11 is 0. The van der Waals surface area contributed by atoms with Gasteiger partial charge in [0.2, 0.25) is 5.91 Å². The molecule has 9 N–H and O–H groups in total. The number of amides is 1. The third kappa shape index (κ3) is 5.93. The van der Waals surface area contributed by atoms with Gasteiger partial charge in [0.25, 0.3) is 0 Å². The highest BCUT2D eigenvalue weighted by atomic mass is 16.8. The lowest BCUT2D eigenvalue weighted by molar-refractivity contribution is -0.377. The molecular weight excluding hydrogens is 478 g/mol. The Kier molecular flexibility index (Phi) is 9.42. The molecule has 0 radical (unpaired) electrons. The van der Waals surface area contributed by atoms with Crippen molar-refractivity contribution in [2.75, 3.05) is 6.61 Å². The first-order valence-corrected chi connectivity index (χ1v) is 11.3. The largest absolute Gasteiger partial charge is 0.394 e. The molecule has 3 rings (SSSR count). The van der Waals surface area contributed by atoms with Gasteiger partial charge in [-0.1, -0.05) is 0 Å². The molecule has 0 spiro atoms. The molecule has 0 aromatic heterocycles. The molecule has 1 amide bonds. The highest BCUT2D eigenvalue weighted by Gasteiger charge is 2.53. The van der Waals surface area contributed by atoms with Gasteiger partial charge >= 0.3 is 0 Å². The lowest BCUT2D eigenvalue weighted by Gasteiger charge is -2.48. The minimum Gasteiger partial charge on any atom is -0.394 e. The molecule has 3 heterocycles. The number of rotatable bonds is 6. The maximum absolute atomic E-state index is 11.7. The van der Waals surface area contributed by atoms with Crippen LogP contribution >= 0.6 is 0 Å². The number of ether oxygens (including phenoxy) is 5. The molecule has 0 bridgehead atoms. The van der Waals surface area contributed by atoms with Gasteiger partial charge in [-0.2, -0.15) is 0 Å². The van der Waals surface area contributed by atoms with E-state index >= 15 is 0 Å². The standard InChI is InChI=1S/C20H35NO14/c1-5-10(24)14(28)15(29)20(32-5)35-17-16(11(25)6(2)31-18(17)30)34-19-9(21-7(3)23)13(27)12(26)8(4-22)33-19/h5-6,8-20,22,24-30H,4H2,1-3H3,(H,21,23)/t5-,6-,8+,9+,10-,11-,12+,13+,14+,15+,16+,17+,18?,19-,20-/m0/s1. The van der Waals surface area contributed by atoms with E-state index in [2.05, 4.69) is 5.32 Å². The second-order valence-corrected chi connectivity index (χ2v) is 9.04. The zero-order chi connectivity index (χ0) is 26.2. The Bertz CT molecular complexity index is 715. The maximum atomic E-state index is 11.7. The van der Waals surface area contributed by atoms with E-state index in [0.717, 1.165) is 6.92 Å². The summed E-state index contributed by atoms with van der Waals surface area (Å²) in [5.41, 5.74) is 0. The van der Waals surface area contributed by atoms with E-state index < -0.39 is 105 Å². The summed E-state index contributed by atoms with van der Waals surface area (Å²) < 4.78 is 27.6. The van der Waals surface area contributed by atoms with Crippen molar-refractivity contribution in [2.45, 2.75) is 113 Å². The minimum absolute atomic E-state index is 0.602. The number of aliphatic hydroxyl groups excluding tert-OH is 8. The van der Waals surface area contributed by atoms with Crippen molar-refractivity contribution in [2.24, 2.45) is 0 Å². The number of carbonyl (C=O) groups excluding carboxylic acids is 1. The van der Waals surface area contributed by atoms with Crippen molar-refractivity contribution in [3.05, 3.63) is 0 Å². The van der Waals surface area contributed by atoms with Crippen LogP contribution in [0.25, 0.3) is 0 Å². The highest BCUT2D eigenvalue weighted by molar-refractivity contribution is 5.73. The van der Waals surface area contributed by atoms with Gasteiger partial charge in [-0.15, -0.1) is 0 Å². The highest BCUT2D eigenvalue weighted by Crippen LogP contribution is 2.32. The third-order valence-electron chi connectivity index (χ3n) is 6.42. The molecule has 0 aliphatic carbocycles. The molecular formula is C20H35NO14. The van der Waals surface area contributed by atoms with Gasteiger partial charge in [0.15, 0.2) is 18.9 Å². The number of hydrogen-bond acceptors (Lipinski definition) is 14. The smallest absolute Gasteiger partial charge is 0.217 e. The first-order valence-electron chi connectivity index (χ1n) is 11.3. The van der Waals surface area contributed by atoms with E-state index in [-0.39, 0.29) is 0 Å². The molecule has 15 atom stereocenters. The van der Waals surface area contributed by atoms with Crippen LogP contribution in [0.5, 0.6) is 0 Å². The van der Waals surface area contributed by atoms with E-state index in [0.29, 0.717) is 0 Å². The quantitative estimate of drug-likeness (QED) is 0.161. The predicted molar refractivity (Wildman–Crippen MR) is 110 cm³/mol. The molecule has 0 aromatic rings. The van der Waals surface area contributed by atoms with Gasteiger partial charge < -0.3 is 69.9 Å². The molecule has 3 aliphatic rings. The van der Waals surface area contributed by atoms with Gasteiger partial charge in [-0.05, 0) is 13.8 Å². The molecule has 3 saturated heterocycles. The van der Waals surface area contributed by atoms with E-state index in [4.69, 9.17) is 23.7 Å². The molecule has 15 nitrogen and oxygen atoms in total. The zero-order valence-corrected chi connectivity index (χ0v) is 19.4. The predicted octanol–water partition coefficient (Wildman–Crippen LogP) is -5.37. The van der Waals surface area contributed by atoms with Crippen LogP contribution in [0.4, 0.5) is 0 Å². The zero-order valence-electron chi connectivity index (χ0n) is 19.4. The fourth-order valence-corrected chi connectivity index (χ4v) is 4.33. The van der Waals surface area contributed by atoms with Crippen LogP contribution in [0.1, 0.15) is 20.8 Å². The topological polar surface area (TPSA) is 237 Å². The minimum atomic E-state index is -1.74. The maximum Gasteiger partial charge on any atom is 0.217 e. The second kappa shape index (κ2) is 11.6. The lowest BCUT2D eigenvalue weighted by Crippen LogP contribution is -2.68. The van der Waals surface area contributed by atoms with Crippen LogP contribution < -0.4 is 5.32 Å². The number of nitrogens with one attached hydrogen (secondary N) is 1. The van der Waals surface area contributed by atoms with Crippen molar-refractivity contribution < 1.29 is 69.3 Å². The summed E-state index contributed by atoms with van der Waals surface area (Å²) in [6, 6.07) is -1.35. The Morgan fingerprint density at radius 2 is 1.34 bits per heavy atom. The average Bonchev–Trinajstić information content (AvgIpc) is 2.80. The van der Waals surface area contributed by atoms with Crippen molar-refractivity contribution in [1.82, 2.24) is 5.32 Å². The molecule has 35 heavy (non-hydrogen) atoms. The van der Waals surface area contributed by atoms with Crippen molar-refractivity contribution >= 4 is 5.91 Å². The SMILES string of the molecule is CC(=O)N[C@H]1[C@H](O[C@@H]2[C@@H](O)[C@H](C)OC(O)[C@@H]2O[C@@H]2O[C@@H](C)[C@H](O)[C@@H](O)[C@H]2O)O[C@H](CO)[C@@H](O)[C@@H]1O. The summed E-state index contributed by atoms with van der Waals surface area (Å²) in [5, 5.41) is 84.1. The molecule has 0 saturated carbocycles. The summed E-state index contributed by atoms with van der Waals surface area (Å²) in [7, 11) is 0. The Morgan fingerprint density at radius 1 is 0.743 bits per heavy atom. The monoisotopic (exact) mass is 513 g/mol. The van der Waals surface area contributed by atoms with Crippen LogP contribution in [-0.4, -0.2) is 145 Å². The fraction of sp³-hybridized carbons (Fsp3) is 0.950. The first kappa shape index (κ1) is 28.5. The van der Waals surface area contributed by atoms with E-state index in [1.165, 1.54) is 13.8 Å². The van der Waals surface area contributed by atoms with Crippen molar-refractivity contribution in [3.8, 4) is 0 Å². The fourth-order valence-electron chi connectivity index (χ4n) is 4.33. The van der Waals surface area contributed by atoms with Gasteiger partial charge in [0.05, 0.1) is 18.8 Å². The van der Waals surface area contributed by atoms with E-state index in [9.17, 15) is 45.6 Å². The Morgan fingerprint density at radius 3 is 1.94 bits per heavy atom. The first-order chi connectivity index (χ1) is 16.4. The third-order valence-corrected chi connectivity index (χ3v) is 6.42. The Balaban J connectivity index is 1.86. The normalized spacial score (nSPS) is 51.1. The van der Waals surface area contributed by atoms with Gasteiger partial charge in [0.1, 0.15) is 61.0 Å². The number of aliphatic hydroxyl groups is 8. The van der Waals surface area contributed by atoms with Crippen molar-refractivity contribution in [1.29, 1.82) is 0 Å². The summed E-state index contributed by atoms with van der Waals surface area (Å²) in [4.78, 5) is 11.7. The van der Waals surface area contributed by atoms with Gasteiger partial charge in [-0.25, -0.2) is 0 Å². The lowest BCUT2D eigenvalue weighted by atomic mass is 9.95. The van der Waals surface area contributed by atoms with Crippen LogP contribution in [0.15, 0.2) is 0 Å². The summed E-state index contributed by atoms with van der Waals surface area (Å²) in [5.74, 6) is -0.602. The van der Waals surface area contributed by atoms with Crippen molar-refractivity contribution in [3.63, 3.8) is 0 Å². The Labute approximate surface area is 200 Å². The molecule has 0 aromatic carbocycles. The molecule has 15 heteroatoms. The van der Waals surface area contributed by atoms with Gasteiger partial charge in [0, 0.05) is 6.92 Å². The second-order valence-electron chi connectivity index (χ2n) is 9.04. The number of hydrogen-bond donors (Lipinski definition) is 9. The van der Waals surface area contributed by atoms with Crippen LogP contribution in [0, 0.1) is 0 Å². The molecule has 1 unspecified atom stereocenters. The average molecular weight is 513 g/mol. The number of carbonyl (C=O) groups is 1. The van der Waals surface area contributed by atoms with Crippen LogP contribution in [0.2, 0.25) is 0 Å². The molecule has 3 aliphatic heterocycles. The summed E-state index contributed by atoms with van der Waals surface area (Å²) in [6.07, 6.45) is -20.6. The molecule has 204 valence electrons. The van der Waals surface area contributed by atoms with E-state index in [1.807, 2.05) is 0 Å². The van der Waals surface area contributed by atoms with Gasteiger partial charge in [-0.3, -0.25) is 4.79 Å².